The number of halogens is 3. The van der Waals surface area contributed by atoms with E-state index < -0.39 is 17.5 Å². The number of rotatable bonds is 0. The molecule has 0 heterocycles. The Morgan fingerprint density at radius 1 is 0.923 bits per heavy atom. The molecule has 13 heavy (non-hydrogen) atoms. The van der Waals surface area contributed by atoms with Crippen molar-refractivity contribution in [2.45, 2.75) is 0 Å². The van der Waals surface area contributed by atoms with E-state index in [4.69, 9.17) is 0 Å². The van der Waals surface area contributed by atoms with E-state index in [1.54, 1.807) is 0 Å². The van der Waals surface area contributed by atoms with Gasteiger partial charge in [-0.15, -0.1) is 0 Å². The molecule has 0 saturated heterocycles. The molecule has 0 spiro atoms. The second-order valence-electron chi connectivity index (χ2n) is 2.55. The summed E-state index contributed by atoms with van der Waals surface area (Å²) in [7, 11) is 0. The largest absolute Gasteiger partial charge is 0.206 e. The Hall–Kier alpha value is -1.51. The molecule has 0 aromatic heterocycles. The first-order chi connectivity index (χ1) is 6.20. The van der Waals surface area contributed by atoms with Gasteiger partial charge in [0.1, 0.15) is 5.82 Å². The van der Waals surface area contributed by atoms with Crippen LogP contribution in [0.1, 0.15) is 0 Å². The fourth-order valence-corrected chi connectivity index (χ4v) is 1.13. The Bertz CT molecular complexity index is 463. The van der Waals surface area contributed by atoms with E-state index in [0.717, 1.165) is 12.1 Å². The number of benzene rings is 2. The van der Waals surface area contributed by atoms with Crippen LogP contribution in [0.25, 0.3) is 10.8 Å². The molecule has 64 valence electrons. The molecule has 0 bridgehead atoms. The highest BCUT2D eigenvalue weighted by atomic mass is 19.2. The van der Waals surface area contributed by atoms with Crippen molar-refractivity contribution in [3.8, 4) is 0 Å². The van der Waals surface area contributed by atoms with Crippen LogP contribution in [0.2, 0.25) is 0 Å². The number of hydrogen-bond acceptors (Lipinski definition) is 0. The summed E-state index contributed by atoms with van der Waals surface area (Å²) in [5.41, 5.74) is 0. The van der Waals surface area contributed by atoms with Crippen molar-refractivity contribution >= 4 is 10.8 Å². The lowest BCUT2D eigenvalue weighted by molar-refractivity contribution is 0.515. The van der Waals surface area contributed by atoms with Gasteiger partial charge in [0.2, 0.25) is 0 Å². The standard InChI is InChI=1S/C10H3F3/c11-8-3-1-2-7-6(8)4-5-9(12)10(7)13/h2-4H. The van der Waals surface area contributed by atoms with Crippen LogP contribution in [0, 0.1) is 29.6 Å². The van der Waals surface area contributed by atoms with E-state index in [1.165, 1.54) is 6.07 Å². The van der Waals surface area contributed by atoms with E-state index in [2.05, 4.69) is 6.07 Å². The van der Waals surface area contributed by atoms with Crippen LogP contribution in [-0.4, -0.2) is 0 Å². The fraction of sp³-hybridized carbons (Fsp3) is 0. The lowest BCUT2D eigenvalue weighted by Crippen LogP contribution is -1.88. The molecule has 0 aliphatic carbocycles. The Balaban J connectivity index is 2.94. The number of fused-ring (bicyclic) bond motifs is 1. The van der Waals surface area contributed by atoms with Crippen molar-refractivity contribution < 1.29 is 13.2 Å². The second-order valence-corrected chi connectivity index (χ2v) is 2.55. The first kappa shape index (κ1) is 8.10. The van der Waals surface area contributed by atoms with E-state index in [1.807, 2.05) is 6.07 Å². The third kappa shape index (κ3) is 1.16. The van der Waals surface area contributed by atoms with Crippen molar-refractivity contribution in [1.29, 1.82) is 0 Å². The average molecular weight is 180 g/mol. The van der Waals surface area contributed by atoms with Crippen molar-refractivity contribution in [1.82, 2.24) is 0 Å². The van der Waals surface area contributed by atoms with Gasteiger partial charge in [0, 0.05) is 16.8 Å². The van der Waals surface area contributed by atoms with Crippen LogP contribution in [0.15, 0.2) is 18.2 Å². The molecule has 0 aliphatic rings. The molecule has 2 aromatic carbocycles. The maximum absolute atomic E-state index is 13.0. The Morgan fingerprint density at radius 3 is 2.46 bits per heavy atom. The van der Waals surface area contributed by atoms with Gasteiger partial charge in [0.15, 0.2) is 11.6 Å². The average Bonchev–Trinajstić information content (AvgIpc) is 2.12. The van der Waals surface area contributed by atoms with Gasteiger partial charge in [-0.05, 0) is 24.3 Å². The Morgan fingerprint density at radius 2 is 1.69 bits per heavy atom. The molecule has 0 amide bonds. The summed E-state index contributed by atoms with van der Waals surface area (Å²) in [5.74, 6) is -2.83. The molecular weight excluding hydrogens is 177 g/mol. The summed E-state index contributed by atoms with van der Waals surface area (Å²) in [6, 6.07) is 7.71. The lowest BCUT2D eigenvalue weighted by atomic mass is 10.1. The fourth-order valence-electron chi connectivity index (χ4n) is 1.13. The van der Waals surface area contributed by atoms with E-state index in [-0.39, 0.29) is 10.8 Å². The van der Waals surface area contributed by atoms with Gasteiger partial charge in [0.25, 0.3) is 0 Å². The smallest absolute Gasteiger partial charge is 0.167 e. The summed E-state index contributed by atoms with van der Waals surface area (Å²) in [6.45, 7) is 0. The summed E-state index contributed by atoms with van der Waals surface area (Å²) >= 11 is 0. The zero-order valence-corrected chi connectivity index (χ0v) is 6.37. The highest BCUT2D eigenvalue weighted by Gasteiger charge is 2.09. The molecular formula is C10H3F3. The van der Waals surface area contributed by atoms with Gasteiger partial charge in [-0.2, -0.15) is 0 Å². The molecule has 0 saturated carbocycles. The quantitative estimate of drug-likeness (QED) is 0.584. The van der Waals surface area contributed by atoms with E-state index in [9.17, 15) is 13.2 Å². The van der Waals surface area contributed by atoms with Crippen molar-refractivity contribution in [2.24, 2.45) is 0 Å². The highest BCUT2D eigenvalue weighted by Crippen LogP contribution is 2.21. The van der Waals surface area contributed by atoms with Gasteiger partial charge < -0.3 is 0 Å². The first-order valence-electron chi connectivity index (χ1n) is 3.55. The molecule has 0 aliphatic heterocycles. The van der Waals surface area contributed by atoms with Crippen LogP contribution in [-0.2, 0) is 0 Å². The molecule has 2 rings (SSSR count). The zero-order valence-electron chi connectivity index (χ0n) is 6.37. The highest BCUT2D eigenvalue weighted by molar-refractivity contribution is 5.83. The van der Waals surface area contributed by atoms with Crippen LogP contribution in [0.4, 0.5) is 13.2 Å². The third-order valence-electron chi connectivity index (χ3n) is 1.76. The third-order valence-corrected chi connectivity index (χ3v) is 1.76. The van der Waals surface area contributed by atoms with Gasteiger partial charge in [-0.1, -0.05) is 0 Å². The predicted octanol–water partition coefficient (Wildman–Crippen LogP) is 2.86. The van der Waals surface area contributed by atoms with Gasteiger partial charge >= 0.3 is 0 Å². The van der Waals surface area contributed by atoms with Crippen LogP contribution in [0.3, 0.4) is 0 Å². The van der Waals surface area contributed by atoms with Crippen molar-refractivity contribution in [3.63, 3.8) is 0 Å². The van der Waals surface area contributed by atoms with Crippen LogP contribution in [0.5, 0.6) is 0 Å². The molecule has 2 aromatic rings. The maximum Gasteiger partial charge on any atom is 0.167 e. The predicted molar refractivity (Wildman–Crippen MR) is 41.5 cm³/mol. The van der Waals surface area contributed by atoms with Crippen molar-refractivity contribution in [3.05, 3.63) is 47.8 Å². The van der Waals surface area contributed by atoms with Crippen LogP contribution < -0.4 is 0 Å². The molecule has 0 nitrogen and oxygen atoms in total. The lowest BCUT2D eigenvalue weighted by Gasteiger charge is -1.99. The Kier molecular flexibility index (Phi) is 1.72. The normalized spacial score (nSPS) is 10.7. The van der Waals surface area contributed by atoms with E-state index >= 15 is 0 Å². The summed E-state index contributed by atoms with van der Waals surface area (Å²) < 4.78 is 38.6. The molecule has 0 N–H and O–H groups in total. The minimum absolute atomic E-state index is 0.0117. The minimum atomic E-state index is -1.11. The van der Waals surface area contributed by atoms with Gasteiger partial charge in [0.05, 0.1) is 0 Å². The van der Waals surface area contributed by atoms with E-state index in [0.29, 0.717) is 0 Å². The second kappa shape index (κ2) is 2.76. The molecule has 0 fully saturated rings. The maximum atomic E-state index is 13.0. The monoisotopic (exact) mass is 180 g/mol. The summed E-state index contributed by atoms with van der Waals surface area (Å²) in [5, 5.41) is -0.103. The topological polar surface area (TPSA) is 0 Å². The zero-order chi connectivity index (χ0) is 9.42. The first-order valence-corrected chi connectivity index (χ1v) is 3.55. The van der Waals surface area contributed by atoms with Crippen molar-refractivity contribution in [2.75, 3.05) is 0 Å². The Labute approximate surface area is 72.6 Å². The minimum Gasteiger partial charge on any atom is -0.206 e. The number of hydrogen-bond donors (Lipinski definition) is 0. The molecule has 3 heteroatoms. The summed E-state index contributed by atoms with van der Waals surface area (Å²) in [4.78, 5) is 0. The van der Waals surface area contributed by atoms with Gasteiger partial charge in [-0.3, -0.25) is 0 Å². The summed E-state index contributed by atoms with van der Waals surface area (Å²) in [6.07, 6.45) is 0. The molecule has 0 atom stereocenters. The van der Waals surface area contributed by atoms with Crippen LogP contribution >= 0.6 is 0 Å². The molecule has 0 unspecified atom stereocenters. The SMILES string of the molecule is Fc1[c]cc2c(F)c[c]cc2c1F. The molecule has 2 radical (unpaired) electrons. The van der Waals surface area contributed by atoms with Gasteiger partial charge in [-0.25, -0.2) is 13.2 Å².